The molecular formula is C24H30N4O2S. The molecule has 0 radical (unpaired) electrons. The van der Waals surface area contributed by atoms with Crippen molar-refractivity contribution in [3.05, 3.63) is 58.1 Å². The lowest BCUT2D eigenvalue weighted by Gasteiger charge is -2.26. The highest BCUT2D eigenvalue weighted by atomic mass is 32.2. The number of nitrogens with two attached hydrogens (primary N) is 1. The van der Waals surface area contributed by atoms with E-state index >= 15 is 0 Å². The Hall–Kier alpha value is -2.22. The van der Waals surface area contributed by atoms with Crippen molar-refractivity contribution < 1.29 is 9.00 Å². The molecule has 7 heteroatoms. The van der Waals surface area contributed by atoms with Gasteiger partial charge in [0, 0.05) is 18.3 Å². The van der Waals surface area contributed by atoms with Gasteiger partial charge in [0.1, 0.15) is 9.92 Å². The zero-order valence-corrected chi connectivity index (χ0v) is 18.6. The Morgan fingerprint density at radius 1 is 1.00 bits per heavy atom. The van der Waals surface area contributed by atoms with Crippen LogP contribution in [-0.2, 0) is 42.1 Å². The van der Waals surface area contributed by atoms with Crippen LogP contribution in [0.2, 0.25) is 0 Å². The molecule has 1 atom stereocenters. The number of benzene rings is 2. The maximum atomic E-state index is 13.0. The number of urea groups is 1. The fraction of sp³-hybridized carbons (Fsp3) is 0.458. The first-order chi connectivity index (χ1) is 15.0. The molecule has 1 saturated carbocycles. The fourth-order valence-electron chi connectivity index (χ4n) is 4.95. The molecule has 164 valence electrons. The van der Waals surface area contributed by atoms with Gasteiger partial charge >= 0.3 is 6.03 Å². The van der Waals surface area contributed by atoms with Gasteiger partial charge in [-0.15, -0.1) is 4.36 Å². The van der Waals surface area contributed by atoms with Gasteiger partial charge in [0.05, 0.1) is 4.90 Å². The predicted molar refractivity (Wildman–Crippen MR) is 123 cm³/mol. The molecule has 0 heterocycles. The van der Waals surface area contributed by atoms with Crippen molar-refractivity contribution in [2.24, 2.45) is 9.50 Å². The molecule has 0 spiro atoms. The van der Waals surface area contributed by atoms with Gasteiger partial charge < -0.3 is 10.6 Å². The molecule has 0 aromatic heterocycles. The molecule has 6 nitrogen and oxygen atoms in total. The first kappa shape index (κ1) is 20.7. The van der Waals surface area contributed by atoms with Crippen LogP contribution in [0.4, 0.5) is 10.5 Å². The third-order valence-electron chi connectivity index (χ3n) is 6.88. The van der Waals surface area contributed by atoms with Crippen molar-refractivity contribution in [1.29, 1.82) is 0 Å². The van der Waals surface area contributed by atoms with E-state index < -0.39 is 15.9 Å². The van der Waals surface area contributed by atoms with Crippen molar-refractivity contribution in [3.8, 4) is 0 Å². The highest BCUT2D eigenvalue weighted by Crippen LogP contribution is 2.38. The van der Waals surface area contributed by atoms with Gasteiger partial charge in [-0.2, -0.15) is 0 Å². The first-order valence-electron chi connectivity index (χ1n) is 11.3. The van der Waals surface area contributed by atoms with Gasteiger partial charge in [-0.1, -0.05) is 24.6 Å². The first-order valence-corrected chi connectivity index (χ1v) is 12.9. The Balaban J connectivity index is 1.33. The Kier molecular flexibility index (Phi) is 5.58. The summed E-state index contributed by atoms with van der Waals surface area (Å²) in [6.45, 7) is 0.776. The summed E-state index contributed by atoms with van der Waals surface area (Å²) in [6.07, 6.45) is 10.0. The standard InChI is InChI=1S/C24H30N4O2S/c25-31(30,20-12-10-16(11-13-20)15-26-19-6-3-7-19)28-24(29)27-23-21-8-1-4-17(21)14-18-5-2-9-22(18)23/h10-14,19,26H,1-9,15H2,(H3,25,27,28,29,30). The van der Waals surface area contributed by atoms with E-state index in [1.165, 1.54) is 41.5 Å². The number of anilines is 1. The molecule has 4 N–H and O–H groups in total. The SMILES string of the molecule is NS(=O)(=NC(=O)Nc1c2c(cc3c1CCC3)CCC2)c1ccc(CNC2CCC2)cc1. The number of aryl methyl sites for hydroxylation is 2. The number of hydrogen-bond donors (Lipinski definition) is 3. The predicted octanol–water partition coefficient (Wildman–Crippen LogP) is 4.24. The Labute approximate surface area is 184 Å². The Morgan fingerprint density at radius 3 is 2.23 bits per heavy atom. The van der Waals surface area contributed by atoms with Gasteiger partial charge in [0.15, 0.2) is 0 Å². The number of fused-ring (bicyclic) bond motifs is 2. The highest BCUT2D eigenvalue weighted by Gasteiger charge is 2.25. The number of amides is 2. The third-order valence-corrected chi connectivity index (χ3v) is 8.27. The zero-order chi connectivity index (χ0) is 21.4. The number of nitrogens with zero attached hydrogens (tertiary/aromatic N) is 1. The van der Waals surface area contributed by atoms with E-state index in [2.05, 4.69) is 21.1 Å². The molecule has 3 aliphatic rings. The maximum absolute atomic E-state index is 13.0. The van der Waals surface area contributed by atoms with Crippen LogP contribution < -0.4 is 15.8 Å². The second-order valence-electron chi connectivity index (χ2n) is 8.98. The van der Waals surface area contributed by atoms with E-state index in [4.69, 9.17) is 5.14 Å². The van der Waals surface area contributed by atoms with Crippen LogP contribution in [0.3, 0.4) is 0 Å². The molecule has 5 rings (SSSR count). The fourth-order valence-corrected chi connectivity index (χ4v) is 5.87. The van der Waals surface area contributed by atoms with Gasteiger partial charge in [-0.05, 0) is 91.3 Å². The topological polar surface area (TPSA) is 96.6 Å². The summed E-state index contributed by atoms with van der Waals surface area (Å²) in [6, 6.07) is 9.53. The van der Waals surface area contributed by atoms with Gasteiger partial charge in [-0.3, -0.25) is 0 Å². The van der Waals surface area contributed by atoms with Crippen molar-refractivity contribution in [2.45, 2.75) is 75.3 Å². The highest BCUT2D eigenvalue weighted by molar-refractivity contribution is 7.91. The van der Waals surface area contributed by atoms with E-state index in [0.29, 0.717) is 10.9 Å². The molecule has 2 amide bonds. The van der Waals surface area contributed by atoms with E-state index in [1.54, 1.807) is 12.1 Å². The quantitative estimate of drug-likeness (QED) is 0.651. The second kappa shape index (κ2) is 8.37. The summed E-state index contributed by atoms with van der Waals surface area (Å²) in [4.78, 5) is 13.1. The lowest BCUT2D eigenvalue weighted by molar-refractivity contribution is 0.260. The minimum Gasteiger partial charge on any atom is -0.310 e. The van der Waals surface area contributed by atoms with Crippen LogP contribution >= 0.6 is 0 Å². The van der Waals surface area contributed by atoms with Gasteiger partial charge in [0.2, 0.25) is 0 Å². The monoisotopic (exact) mass is 438 g/mol. The van der Waals surface area contributed by atoms with Crippen LogP contribution in [0.1, 0.15) is 59.9 Å². The normalized spacial score (nSPS) is 19.3. The average molecular weight is 439 g/mol. The molecule has 3 aliphatic carbocycles. The average Bonchev–Trinajstić information content (AvgIpc) is 3.36. The summed E-state index contributed by atoms with van der Waals surface area (Å²) < 4.78 is 16.9. The van der Waals surface area contributed by atoms with Crippen LogP contribution in [0, 0.1) is 0 Å². The van der Waals surface area contributed by atoms with Crippen molar-refractivity contribution in [1.82, 2.24) is 5.32 Å². The molecule has 31 heavy (non-hydrogen) atoms. The minimum absolute atomic E-state index is 0.374. The van der Waals surface area contributed by atoms with E-state index in [1.807, 2.05) is 12.1 Å². The van der Waals surface area contributed by atoms with E-state index in [0.717, 1.165) is 56.3 Å². The summed E-state index contributed by atoms with van der Waals surface area (Å²) in [5, 5.41) is 12.5. The van der Waals surface area contributed by atoms with Gasteiger partial charge in [-0.25, -0.2) is 14.1 Å². The second-order valence-corrected chi connectivity index (χ2v) is 10.8. The lowest BCUT2D eigenvalue weighted by Crippen LogP contribution is -2.34. The number of carbonyl (C=O) groups excluding carboxylic acids is 1. The summed E-state index contributed by atoms with van der Waals surface area (Å²) in [5.74, 6) is 0. The van der Waals surface area contributed by atoms with Crippen LogP contribution in [0.5, 0.6) is 0 Å². The van der Waals surface area contributed by atoms with E-state index in [9.17, 15) is 9.00 Å². The number of carbonyl (C=O) groups is 1. The lowest BCUT2D eigenvalue weighted by atomic mass is 9.93. The molecule has 2 aromatic rings. The molecule has 2 aromatic carbocycles. The molecule has 1 fully saturated rings. The molecule has 0 bridgehead atoms. The number of hydrogen-bond acceptors (Lipinski definition) is 3. The maximum Gasteiger partial charge on any atom is 0.354 e. The van der Waals surface area contributed by atoms with Crippen molar-refractivity contribution in [3.63, 3.8) is 0 Å². The van der Waals surface area contributed by atoms with Crippen LogP contribution in [0.25, 0.3) is 0 Å². The number of rotatable bonds is 5. The zero-order valence-electron chi connectivity index (χ0n) is 17.8. The molecule has 0 aliphatic heterocycles. The largest absolute Gasteiger partial charge is 0.354 e. The Bertz CT molecular complexity index is 1100. The van der Waals surface area contributed by atoms with Crippen molar-refractivity contribution >= 4 is 21.6 Å². The van der Waals surface area contributed by atoms with Crippen LogP contribution in [-0.4, -0.2) is 16.3 Å². The van der Waals surface area contributed by atoms with E-state index in [-0.39, 0.29) is 0 Å². The third kappa shape index (κ3) is 4.27. The smallest absolute Gasteiger partial charge is 0.310 e. The van der Waals surface area contributed by atoms with Crippen LogP contribution in [0.15, 0.2) is 39.6 Å². The molecular weight excluding hydrogens is 408 g/mol. The van der Waals surface area contributed by atoms with Crippen molar-refractivity contribution in [2.75, 3.05) is 5.32 Å². The minimum atomic E-state index is -3.31. The summed E-state index contributed by atoms with van der Waals surface area (Å²) >= 11 is 0. The summed E-state index contributed by atoms with van der Waals surface area (Å²) in [5.41, 5.74) is 7.09. The summed E-state index contributed by atoms with van der Waals surface area (Å²) in [7, 11) is -3.31. The Morgan fingerprint density at radius 2 is 1.65 bits per heavy atom. The van der Waals surface area contributed by atoms with Gasteiger partial charge in [0.25, 0.3) is 0 Å². The molecule has 0 saturated heterocycles. The molecule has 1 unspecified atom stereocenters. The number of nitrogens with one attached hydrogen (secondary N) is 2.